The molecule has 3 nitrogen and oxygen atoms in total. The van der Waals surface area contributed by atoms with E-state index in [9.17, 15) is 0 Å². The normalized spacial score (nSPS) is 13.0. The summed E-state index contributed by atoms with van der Waals surface area (Å²) in [5.41, 5.74) is 8.18. The van der Waals surface area contributed by atoms with E-state index < -0.39 is 0 Å². The first-order valence-electron chi connectivity index (χ1n) is 4.95. The van der Waals surface area contributed by atoms with Gasteiger partial charge in [0.1, 0.15) is 5.82 Å². The highest BCUT2D eigenvalue weighted by atomic mass is 32.1. The second-order valence-electron chi connectivity index (χ2n) is 3.80. The minimum Gasteiger partial charge on any atom is -0.384 e. The van der Waals surface area contributed by atoms with Crippen LogP contribution in [0.3, 0.4) is 0 Å². The van der Waals surface area contributed by atoms with Gasteiger partial charge in [0.25, 0.3) is 0 Å². The molecular weight excluding hydrogens is 206 g/mol. The lowest BCUT2D eigenvalue weighted by molar-refractivity contribution is 0.575. The first kappa shape index (κ1) is 10.2. The van der Waals surface area contributed by atoms with E-state index in [0.29, 0.717) is 0 Å². The second kappa shape index (κ2) is 3.70. The smallest absolute Gasteiger partial charge is 0.122 e. The molecule has 4 heteroatoms. The maximum Gasteiger partial charge on any atom is 0.122 e. The molecule has 2 N–H and O–H groups in total. The molecule has 2 aromatic heterocycles. The Balaban J connectivity index is 2.40. The van der Waals surface area contributed by atoms with Gasteiger partial charge in [-0.1, -0.05) is 0 Å². The molecule has 0 aromatic carbocycles. The third-order valence-corrected chi connectivity index (χ3v) is 3.72. The lowest BCUT2D eigenvalue weighted by atomic mass is 10.2. The quantitative estimate of drug-likeness (QED) is 0.847. The van der Waals surface area contributed by atoms with Gasteiger partial charge in [-0.15, -0.1) is 11.3 Å². The zero-order valence-corrected chi connectivity index (χ0v) is 10.0. The molecule has 2 aromatic rings. The van der Waals surface area contributed by atoms with Crippen molar-refractivity contribution in [1.29, 1.82) is 0 Å². The van der Waals surface area contributed by atoms with Gasteiger partial charge < -0.3 is 5.73 Å². The maximum atomic E-state index is 5.90. The molecule has 0 aliphatic rings. The van der Waals surface area contributed by atoms with Gasteiger partial charge in [-0.25, -0.2) is 4.68 Å². The van der Waals surface area contributed by atoms with Crippen molar-refractivity contribution < 1.29 is 0 Å². The Morgan fingerprint density at radius 2 is 2.20 bits per heavy atom. The van der Waals surface area contributed by atoms with Crippen LogP contribution in [-0.4, -0.2) is 9.78 Å². The molecule has 15 heavy (non-hydrogen) atoms. The summed E-state index contributed by atoms with van der Waals surface area (Å²) in [6, 6.07) is 4.25. The van der Waals surface area contributed by atoms with E-state index in [1.807, 2.05) is 17.7 Å². The summed E-state index contributed by atoms with van der Waals surface area (Å²) >= 11 is 1.75. The highest BCUT2D eigenvalue weighted by Crippen LogP contribution is 2.28. The van der Waals surface area contributed by atoms with Crippen LogP contribution >= 0.6 is 11.3 Å². The molecule has 0 fully saturated rings. The van der Waals surface area contributed by atoms with Gasteiger partial charge >= 0.3 is 0 Å². The van der Waals surface area contributed by atoms with Crippen LogP contribution in [0.2, 0.25) is 0 Å². The van der Waals surface area contributed by atoms with Crippen molar-refractivity contribution in [2.24, 2.45) is 0 Å². The molecule has 0 bridgehead atoms. The molecule has 0 radical (unpaired) electrons. The zero-order chi connectivity index (χ0) is 11.0. The van der Waals surface area contributed by atoms with Gasteiger partial charge in [-0.2, -0.15) is 5.10 Å². The van der Waals surface area contributed by atoms with Gasteiger partial charge in [0, 0.05) is 10.9 Å². The SMILES string of the molecule is Cc1cc(N)n(C(C)c2sccc2C)n1. The van der Waals surface area contributed by atoms with Crippen molar-refractivity contribution in [3.63, 3.8) is 0 Å². The Kier molecular flexibility index (Phi) is 2.52. The molecule has 1 atom stereocenters. The van der Waals surface area contributed by atoms with Gasteiger partial charge in [0.15, 0.2) is 0 Å². The molecule has 2 heterocycles. The predicted octanol–water partition coefficient (Wildman–Crippen LogP) is 2.75. The number of hydrogen-bond acceptors (Lipinski definition) is 3. The van der Waals surface area contributed by atoms with Crippen molar-refractivity contribution >= 4 is 17.2 Å². The Bertz CT molecular complexity index is 470. The summed E-state index contributed by atoms with van der Waals surface area (Å²) in [7, 11) is 0. The Hall–Kier alpha value is -1.29. The molecule has 0 spiro atoms. The Morgan fingerprint density at radius 1 is 1.47 bits per heavy atom. The van der Waals surface area contributed by atoms with E-state index in [-0.39, 0.29) is 6.04 Å². The van der Waals surface area contributed by atoms with Crippen LogP contribution in [0.1, 0.15) is 29.1 Å². The average molecular weight is 221 g/mol. The van der Waals surface area contributed by atoms with E-state index in [1.54, 1.807) is 11.3 Å². The standard InChI is InChI=1S/C11H15N3S/c1-7-4-5-15-11(7)9(3)14-10(12)6-8(2)13-14/h4-6,9H,12H2,1-3H3. The summed E-state index contributed by atoms with van der Waals surface area (Å²) in [6.45, 7) is 6.21. The van der Waals surface area contributed by atoms with Crippen molar-refractivity contribution in [3.8, 4) is 0 Å². The van der Waals surface area contributed by atoms with Crippen LogP contribution in [0.15, 0.2) is 17.5 Å². The molecule has 80 valence electrons. The van der Waals surface area contributed by atoms with Crippen molar-refractivity contribution in [3.05, 3.63) is 33.6 Å². The van der Waals surface area contributed by atoms with E-state index in [2.05, 4.69) is 30.4 Å². The minimum atomic E-state index is 0.221. The monoisotopic (exact) mass is 221 g/mol. The van der Waals surface area contributed by atoms with Crippen molar-refractivity contribution in [2.75, 3.05) is 5.73 Å². The van der Waals surface area contributed by atoms with Crippen LogP contribution in [-0.2, 0) is 0 Å². The zero-order valence-electron chi connectivity index (χ0n) is 9.19. The summed E-state index contributed by atoms with van der Waals surface area (Å²) in [6.07, 6.45) is 0. The number of hydrogen-bond donors (Lipinski definition) is 1. The number of aryl methyl sites for hydroxylation is 2. The first-order chi connectivity index (χ1) is 7.09. The summed E-state index contributed by atoms with van der Waals surface area (Å²) in [4.78, 5) is 1.32. The molecule has 0 aliphatic heterocycles. The lowest BCUT2D eigenvalue weighted by Gasteiger charge is -2.13. The van der Waals surface area contributed by atoms with Crippen LogP contribution in [0.25, 0.3) is 0 Å². The molecule has 1 unspecified atom stereocenters. The average Bonchev–Trinajstić information content (AvgIpc) is 2.71. The summed E-state index contributed by atoms with van der Waals surface area (Å²) < 4.78 is 1.88. The topological polar surface area (TPSA) is 43.8 Å². The summed E-state index contributed by atoms with van der Waals surface area (Å²) in [5.74, 6) is 0.729. The number of rotatable bonds is 2. The van der Waals surface area contributed by atoms with Crippen molar-refractivity contribution in [1.82, 2.24) is 9.78 Å². The molecule has 0 aliphatic carbocycles. The fourth-order valence-electron chi connectivity index (χ4n) is 1.77. The molecular formula is C11H15N3S. The number of nitrogens with two attached hydrogens (primary N) is 1. The van der Waals surface area contributed by atoms with E-state index >= 15 is 0 Å². The predicted molar refractivity (Wildman–Crippen MR) is 64.2 cm³/mol. The van der Waals surface area contributed by atoms with Crippen LogP contribution in [0, 0.1) is 13.8 Å². The van der Waals surface area contributed by atoms with E-state index in [0.717, 1.165) is 11.5 Å². The Labute approximate surface area is 93.5 Å². The second-order valence-corrected chi connectivity index (χ2v) is 4.75. The molecule has 0 saturated heterocycles. The largest absolute Gasteiger partial charge is 0.384 e. The van der Waals surface area contributed by atoms with Crippen LogP contribution in [0.4, 0.5) is 5.82 Å². The summed E-state index contributed by atoms with van der Waals surface area (Å²) in [5, 5.41) is 6.51. The first-order valence-corrected chi connectivity index (χ1v) is 5.83. The third-order valence-electron chi connectivity index (χ3n) is 2.53. The molecule has 0 amide bonds. The number of aromatic nitrogens is 2. The van der Waals surface area contributed by atoms with Crippen LogP contribution in [0.5, 0.6) is 0 Å². The van der Waals surface area contributed by atoms with Crippen LogP contribution < -0.4 is 5.73 Å². The number of nitrogen functional groups attached to an aromatic ring is 1. The fourth-order valence-corrected chi connectivity index (χ4v) is 2.74. The maximum absolute atomic E-state index is 5.90. The highest BCUT2D eigenvalue weighted by molar-refractivity contribution is 7.10. The fraction of sp³-hybridized carbons (Fsp3) is 0.364. The molecule has 2 rings (SSSR count). The van der Waals surface area contributed by atoms with Gasteiger partial charge in [0.2, 0.25) is 0 Å². The van der Waals surface area contributed by atoms with E-state index in [1.165, 1.54) is 10.4 Å². The molecule has 0 saturated carbocycles. The highest BCUT2D eigenvalue weighted by Gasteiger charge is 2.15. The van der Waals surface area contributed by atoms with Gasteiger partial charge in [-0.05, 0) is 37.8 Å². The van der Waals surface area contributed by atoms with Gasteiger partial charge in [-0.3, -0.25) is 0 Å². The number of thiophene rings is 1. The Morgan fingerprint density at radius 3 is 2.67 bits per heavy atom. The van der Waals surface area contributed by atoms with Crippen molar-refractivity contribution in [2.45, 2.75) is 26.8 Å². The van der Waals surface area contributed by atoms with Gasteiger partial charge in [0.05, 0.1) is 11.7 Å². The number of anilines is 1. The third kappa shape index (κ3) is 1.77. The number of nitrogens with zero attached hydrogens (tertiary/aromatic N) is 2. The van der Waals surface area contributed by atoms with E-state index in [4.69, 9.17) is 5.73 Å². The minimum absolute atomic E-state index is 0.221. The lowest BCUT2D eigenvalue weighted by Crippen LogP contribution is -2.11.